The Labute approximate surface area is 125 Å². The number of ether oxygens (including phenoxy) is 1. The first-order chi connectivity index (χ1) is 10.5. The van der Waals surface area contributed by atoms with Crippen LogP contribution in [0.3, 0.4) is 0 Å². The van der Waals surface area contributed by atoms with Gasteiger partial charge < -0.3 is 25.9 Å². The summed E-state index contributed by atoms with van der Waals surface area (Å²) >= 11 is 0. The van der Waals surface area contributed by atoms with E-state index in [1.54, 1.807) is 0 Å². The first-order valence-corrected chi connectivity index (χ1v) is 7.16. The Balaban J connectivity index is 1.91. The van der Waals surface area contributed by atoms with Crippen molar-refractivity contribution < 1.29 is 20.2 Å². The van der Waals surface area contributed by atoms with Gasteiger partial charge in [0.15, 0.2) is 17.7 Å². The molecule has 11 nitrogen and oxygen atoms in total. The fraction of sp³-hybridized carbons (Fsp3) is 0.500. The Morgan fingerprint density at radius 3 is 2.86 bits per heavy atom. The van der Waals surface area contributed by atoms with E-state index in [1.807, 2.05) is 0 Å². The maximum atomic E-state index is 10.2. The number of hydrogen-bond acceptors (Lipinski definition) is 9. The molecule has 6 N–H and O–H groups in total. The zero-order valence-corrected chi connectivity index (χ0v) is 12.1. The van der Waals surface area contributed by atoms with Crippen molar-refractivity contribution in [2.75, 3.05) is 12.3 Å². The third-order valence-corrected chi connectivity index (χ3v) is 3.85. The molecule has 3 rings (SSSR count). The molecule has 118 valence electrons. The Kier molecular flexibility index (Phi) is 4.00. The summed E-state index contributed by atoms with van der Waals surface area (Å²) in [5, 5.41) is 36.6. The molecule has 2 aromatic heterocycles. The summed E-state index contributed by atoms with van der Waals surface area (Å²) in [5.74, 6) is 0.197. The monoisotopic (exact) mass is 327 g/mol. The molecule has 0 aromatic carbocycles. The highest BCUT2D eigenvalue weighted by Gasteiger charge is 2.44. The molecule has 12 heteroatoms. The average Bonchev–Trinajstić information content (AvgIpc) is 3.05. The highest BCUT2D eigenvalue weighted by Crippen LogP contribution is 2.32. The van der Waals surface area contributed by atoms with Crippen LogP contribution in [0.15, 0.2) is 12.7 Å². The van der Waals surface area contributed by atoms with E-state index in [1.165, 1.54) is 17.2 Å². The lowest BCUT2D eigenvalue weighted by molar-refractivity contribution is -0.0774. The molecule has 0 radical (unpaired) electrons. The molecule has 2 aromatic rings. The molecular weight excluding hydrogens is 313 g/mol. The molecule has 0 saturated carbocycles. The van der Waals surface area contributed by atoms with E-state index in [9.17, 15) is 15.4 Å². The number of aliphatic hydroxyl groups excluding tert-OH is 2. The molecule has 1 aliphatic heterocycles. The van der Waals surface area contributed by atoms with Gasteiger partial charge in [-0.3, -0.25) is 9.73 Å². The van der Waals surface area contributed by atoms with Crippen molar-refractivity contribution in [3.05, 3.63) is 12.7 Å². The van der Waals surface area contributed by atoms with Crippen molar-refractivity contribution in [1.82, 2.24) is 24.4 Å². The minimum Gasteiger partial charge on any atom is -0.387 e. The van der Waals surface area contributed by atoms with Gasteiger partial charge in [-0.2, -0.15) is 0 Å². The van der Waals surface area contributed by atoms with Crippen molar-refractivity contribution in [3.8, 4) is 0 Å². The maximum Gasteiger partial charge on any atom is 0.167 e. The second-order valence-corrected chi connectivity index (χ2v) is 5.45. The summed E-state index contributed by atoms with van der Waals surface area (Å²) in [5.41, 5.74) is 6.43. The van der Waals surface area contributed by atoms with E-state index in [4.69, 9.17) is 15.6 Å². The van der Waals surface area contributed by atoms with Crippen molar-refractivity contribution >= 4 is 25.5 Å². The number of fused-ring (bicyclic) bond motifs is 1. The van der Waals surface area contributed by atoms with Gasteiger partial charge in [0.25, 0.3) is 0 Å². The molecule has 1 aliphatic rings. The quantitative estimate of drug-likeness (QED) is 0.362. The number of nitrogens with one attached hydrogen (secondary N) is 1. The van der Waals surface area contributed by atoms with E-state index >= 15 is 0 Å². The van der Waals surface area contributed by atoms with E-state index in [-0.39, 0.29) is 20.9 Å². The fourth-order valence-electron chi connectivity index (χ4n) is 2.37. The SMILES string of the molecule is N=PN(O)C[C@H]1O[C@@H](n2cnc3c(N)ncnc32)C(O)C1O. The predicted octanol–water partition coefficient (Wildman–Crippen LogP) is -0.658. The fourth-order valence-corrected chi connectivity index (χ4v) is 2.61. The zero-order chi connectivity index (χ0) is 15.9. The smallest absolute Gasteiger partial charge is 0.167 e. The van der Waals surface area contributed by atoms with Gasteiger partial charge in [0.05, 0.1) is 12.9 Å². The minimum absolute atomic E-state index is 0.121. The second-order valence-electron chi connectivity index (χ2n) is 4.78. The van der Waals surface area contributed by atoms with Crippen LogP contribution in [-0.2, 0) is 4.74 Å². The highest BCUT2D eigenvalue weighted by molar-refractivity contribution is 7.21. The second kappa shape index (κ2) is 5.80. The summed E-state index contributed by atoms with van der Waals surface area (Å²) in [6.45, 7) is -0.121. The Morgan fingerprint density at radius 1 is 1.36 bits per heavy atom. The van der Waals surface area contributed by atoms with Crippen LogP contribution in [0, 0.1) is 5.16 Å². The lowest BCUT2D eigenvalue weighted by atomic mass is 10.1. The molecule has 0 amide bonds. The molecule has 1 saturated heterocycles. The molecular formula is C10H14N7O4P. The van der Waals surface area contributed by atoms with Crippen LogP contribution >= 0.6 is 8.52 Å². The van der Waals surface area contributed by atoms with Gasteiger partial charge in [-0.15, -0.1) is 4.83 Å². The van der Waals surface area contributed by atoms with Gasteiger partial charge in [-0.25, -0.2) is 15.0 Å². The summed E-state index contributed by atoms with van der Waals surface area (Å²) in [6, 6.07) is 0. The van der Waals surface area contributed by atoms with Crippen LogP contribution in [0.4, 0.5) is 5.82 Å². The number of hydroxylamine groups is 1. The maximum absolute atomic E-state index is 10.2. The number of imidazole rings is 1. The molecule has 22 heavy (non-hydrogen) atoms. The van der Waals surface area contributed by atoms with E-state index < -0.39 is 24.5 Å². The molecule has 1 fully saturated rings. The van der Waals surface area contributed by atoms with Crippen molar-refractivity contribution in [1.29, 1.82) is 5.16 Å². The van der Waals surface area contributed by atoms with Gasteiger partial charge in [0.1, 0.15) is 38.7 Å². The van der Waals surface area contributed by atoms with Gasteiger partial charge >= 0.3 is 0 Å². The summed E-state index contributed by atoms with van der Waals surface area (Å²) in [6.07, 6.45) is -1.61. The van der Waals surface area contributed by atoms with Crippen molar-refractivity contribution in [2.45, 2.75) is 24.5 Å². The van der Waals surface area contributed by atoms with E-state index in [0.717, 1.165) is 0 Å². The molecule has 2 unspecified atom stereocenters. The normalized spacial score (nSPS) is 28.9. The predicted molar refractivity (Wildman–Crippen MR) is 73.8 cm³/mol. The van der Waals surface area contributed by atoms with Crippen LogP contribution in [0.25, 0.3) is 11.2 Å². The van der Waals surface area contributed by atoms with E-state index in [2.05, 4.69) is 15.0 Å². The van der Waals surface area contributed by atoms with Gasteiger partial charge in [0.2, 0.25) is 0 Å². The van der Waals surface area contributed by atoms with Gasteiger partial charge in [-0.1, -0.05) is 0 Å². The Hall–Kier alpha value is -1.75. The topological polar surface area (TPSA) is 167 Å². The van der Waals surface area contributed by atoms with Crippen LogP contribution in [0.5, 0.6) is 0 Å². The van der Waals surface area contributed by atoms with E-state index in [0.29, 0.717) is 16.0 Å². The molecule has 4 atom stereocenters. The standard InChI is InChI=1S/C10H14N7O4P/c11-8-5-9(14-2-13-8)16(3-15-5)10-7(19)6(18)4(21-10)1-17(20)22-12/h2-4,6-7,10,12,18-20H,1H2,(H2,11,13,14)/t4-,6?,7?,10-/m1/s1. The number of anilines is 1. The number of hydrogen-bond donors (Lipinski definition) is 5. The minimum atomic E-state index is -1.24. The number of aromatic nitrogens is 4. The highest BCUT2D eigenvalue weighted by atomic mass is 31.1. The lowest BCUT2D eigenvalue weighted by Crippen LogP contribution is -2.36. The number of nitrogen functional groups attached to an aromatic ring is 1. The van der Waals surface area contributed by atoms with Gasteiger partial charge in [0, 0.05) is 0 Å². The summed E-state index contributed by atoms with van der Waals surface area (Å²) < 4.78 is 7.03. The molecule has 0 spiro atoms. The first-order valence-electron chi connectivity index (χ1n) is 6.31. The number of rotatable bonds is 4. The third kappa shape index (κ3) is 2.43. The molecule has 0 bridgehead atoms. The summed E-state index contributed by atoms with van der Waals surface area (Å²) in [4.78, 5) is 12.6. The molecule has 3 heterocycles. The zero-order valence-electron chi connectivity index (χ0n) is 11.2. The third-order valence-electron chi connectivity index (χ3n) is 3.46. The Morgan fingerprint density at radius 2 is 2.14 bits per heavy atom. The van der Waals surface area contributed by atoms with Gasteiger partial charge in [-0.05, 0) is 0 Å². The summed E-state index contributed by atoms with van der Waals surface area (Å²) in [7, 11) is -0.137. The average molecular weight is 327 g/mol. The van der Waals surface area contributed by atoms with Crippen LogP contribution in [0.1, 0.15) is 6.23 Å². The Bertz CT molecular complexity index is 697. The largest absolute Gasteiger partial charge is 0.387 e. The van der Waals surface area contributed by atoms with Crippen LogP contribution < -0.4 is 5.73 Å². The first kappa shape index (κ1) is 15.2. The number of aliphatic hydroxyl groups is 2. The molecule has 0 aliphatic carbocycles. The van der Waals surface area contributed by atoms with Crippen LogP contribution in [-0.4, -0.2) is 64.6 Å². The van der Waals surface area contributed by atoms with Crippen molar-refractivity contribution in [2.24, 2.45) is 0 Å². The lowest BCUT2D eigenvalue weighted by Gasteiger charge is -2.17. The van der Waals surface area contributed by atoms with Crippen LogP contribution in [0.2, 0.25) is 0 Å². The van der Waals surface area contributed by atoms with Crippen molar-refractivity contribution in [3.63, 3.8) is 0 Å². The number of nitrogens with two attached hydrogens (primary N) is 1. The number of nitrogens with zero attached hydrogens (tertiary/aromatic N) is 5.